The standard InChI is InChI=1S/C65H98O6/c1-4-7-10-13-16-19-22-25-26-27-28-29-30-31-32-33-34-35-36-37-38-41-43-46-49-52-55-58-64(67)70-61-62(71-65(68)59-56-53-50-47-44-40-24-21-18-15-12-9-6-3)60-69-63(66)57-54-51-48-45-42-39-23-20-17-14-11-8-5-2/h7-12,16-21,25-26,28-29,31-32,34-35,37-40,42,44,50,53,62H,4-6,13-15,22-24,27,30,33,36,41,43,45-49,51-52,54-61H2,1-3H3/b10-7-,11-8-,12-9-,19-16-,20-17-,21-18-,26-25-,29-28-,32-31-,35-34-,38-37-,42-39-,44-40-,53-50-. The zero-order valence-electron chi connectivity index (χ0n) is 44.9. The van der Waals surface area contributed by atoms with Crippen molar-refractivity contribution in [2.75, 3.05) is 13.2 Å². The minimum atomic E-state index is -0.845. The van der Waals surface area contributed by atoms with Crippen LogP contribution < -0.4 is 0 Å². The average Bonchev–Trinajstić information content (AvgIpc) is 3.37. The van der Waals surface area contributed by atoms with E-state index in [1.807, 2.05) is 12.2 Å². The fourth-order valence-corrected chi connectivity index (χ4v) is 6.68. The lowest BCUT2D eigenvalue weighted by atomic mass is 10.1. The number of ether oxygens (including phenoxy) is 3. The van der Waals surface area contributed by atoms with E-state index < -0.39 is 12.1 Å². The van der Waals surface area contributed by atoms with Crippen LogP contribution in [0.1, 0.15) is 201 Å². The second-order valence-electron chi connectivity index (χ2n) is 17.3. The van der Waals surface area contributed by atoms with Gasteiger partial charge in [0.2, 0.25) is 0 Å². The van der Waals surface area contributed by atoms with Gasteiger partial charge in [0.25, 0.3) is 0 Å². The molecule has 0 aliphatic rings. The molecule has 0 fully saturated rings. The van der Waals surface area contributed by atoms with Gasteiger partial charge in [-0.15, -0.1) is 0 Å². The molecule has 0 radical (unpaired) electrons. The minimum absolute atomic E-state index is 0.135. The Labute approximate surface area is 434 Å². The number of hydrogen-bond donors (Lipinski definition) is 0. The third-order valence-corrected chi connectivity index (χ3v) is 10.7. The molecule has 1 atom stereocenters. The predicted octanol–water partition coefficient (Wildman–Crippen LogP) is 18.8. The Morgan fingerprint density at radius 3 is 0.859 bits per heavy atom. The van der Waals surface area contributed by atoms with Crippen molar-refractivity contribution in [2.45, 2.75) is 207 Å². The molecule has 6 heteroatoms. The van der Waals surface area contributed by atoms with E-state index in [-0.39, 0.29) is 31.6 Å². The van der Waals surface area contributed by atoms with Gasteiger partial charge in [-0.25, -0.2) is 0 Å². The summed E-state index contributed by atoms with van der Waals surface area (Å²) >= 11 is 0. The maximum Gasteiger partial charge on any atom is 0.306 e. The summed E-state index contributed by atoms with van der Waals surface area (Å²) in [6.45, 7) is 6.16. The Morgan fingerprint density at radius 2 is 0.535 bits per heavy atom. The van der Waals surface area contributed by atoms with Crippen LogP contribution in [0.3, 0.4) is 0 Å². The molecule has 0 aliphatic heterocycles. The number of esters is 3. The van der Waals surface area contributed by atoms with E-state index in [1.54, 1.807) is 0 Å². The molecule has 0 bridgehead atoms. The first kappa shape index (κ1) is 65.8. The average molecular weight is 975 g/mol. The number of unbranched alkanes of at least 4 members (excludes halogenated alkanes) is 8. The summed E-state index contributed by atoms with van der Waals surface area (Å²) in [6, 6.07) is 0. The molecular weight excluding hydrogens is 877 g/mol. The van der Waals surface area contributed by atoms with Crippen LogP contribution in [0.4, 0.5) is 0 Å². The summed E-state index contributed by atoms with van der Waals surface area (Å²) in [7, 11) is 0. The molecule has 0 spiro atoms. The maximum atomic E-state index is 12.8. The lowest BCUT2D eigenvalue weighted by Gasteiger charge is -2.18. The van der Waals surface area contributed by atoms with Gasteiger partial charge in [0, 0.05) is 19.3 Å². The van der Waals surface area contributed by atoms with Gasteiger partial charge in [0.05, 0.1) is 0 Å². The highest BCUT2D eigenvalue weighted by Gasteiger charge is 2.19. The van der Waals surface area contributed by atoms with Gasteiger partial charge >= 0.3 is 17.9 Å². The van der Waals surface area contributed by atoms with E-state index in [0.29, 0.717) is 19.3 Å². The van der Waals surface area contributed by atoms with Crippen molar-refractivity contribution in [3.63, 3.8) is 0 Å². The zero-order chi connectivity index (χ0) is 51.4. The highest BCUT2D eigenvalue weighted by molar-refractivity contribution is 5.71. The second kappa shape index (κ2) is 57.3. The van der Waals surface area contributed by atoms with Crippen LogP contribution in [0.2, 0.25) is 0 Å². The van der Waals surface area contributed by atoms with E-state index in [0.717, 1.165) is 154 Å². The lowest BCUT2D eigenvalue weighted by molar-refractivity contribution is -0.166. The maximum absolute atomic E-state index is 12.8. The van der Waals surface area contributed by atoms with Crippen LogP contribution in [0.5, 0.6) is 0 Å². The Balaban J connectivity index is 4.46. The van der Waals surface area contributed by atoms with Gasteiger partial charge in [0.15, 0.2) is 6.10 Å². The quantitative estimate of drug-likeness (QED) is 0.0262. The third kappa shape index (κ3) is 55.6. The molecule has 0 saturated heterocycles. The Hall–Kier alpha value is -5.23. The molecule has 6 nitrogen and oxygen atoms in total. The zero-order valence-corrected chi connectivity index (χ0v) is 44.9. The van der Waals surface area contributed by atoms with Crippen molar-refractivity contribution < 1.29 is 28.6 Å². The summed E-state index contributed by atoms with van der Waals surface area (Å²) in [6.07, 6.45) is 85.1. The first-order valence-electron chi connectivity index (χ1n) is 27.6. The van der Waals surface area contributed by atoms with Crippen LogP contribution >= 0.6 is 0 Å². The van der Waals surface area contributed by atoms with Crippen molar-refractivity contribution in [2.24, 2.45) is 0 Å². The first-order valence-corrected chi connectivity index (χ1v) is 27.6. The SMILES string of the molecule is CC/C=C\C/C=C\C/C=C\C/C=C\C/C=C\C/C=C\C/C=C\CCCCCCCC(=O)OCC(COC(=O)CCCCC/C=C\C/C=C\C/C=C\CC)OC(=O)CC/C=C\C/C=C\C/C=C\C/C=C\CC. The molecule has 0 aromatic carbocycles. The van der Waals surface area contributed by atoms with E-state index in [1.165, 1.54) is 0 Å². The smallest absolute Gasteiger partial charge is 0.306 e. The van der Waals surface area contributed by atoms with Crippen LogP contribution in [0.15, 0.2) is 170 Å². The summed E-state index contributed by atoms with van der Waals surface area (Å²) < 4.78 is 16.7. The molecule has 0 N–H and O–H groups in total. The minimum Gasteiger partial charge on any atom is -0.462 e. The summed E-state index contributed by atoms with van der Waals surface area (Å²) in [5.41, 5.74) is 0. The molecule has 0 aromatic heterocycles. The molecule has 1 unspecified atom stereocenters. The summed E-state index contributed by atoms with van der Waals surface area (Å²) in [5.74, 6) is -1.08. The fraction of sp³-hybridized carbons (Fsp3) is 0.523. The van der Waals surface area contributed by atoms with Gasteiger partial charge < -0.3 is 14.2 Å². The molecule has 0 amide bonds. The molecule has 0 aromatic rings. The van der Waals surface area contributed by atoms with E-state index in [4.69, 9.17) is 14.2 Å². The highest BCUT2D eigenvalue weighted by Crippen LogP contribution is 2.11. The van der Waals surface area contributed by atoms with Gasteiger partial charge in [-0.1, -0.05) is 217 Å². The third-order valence-electron chi connectivity index (χ3n) is 10.7. The fourth-order valence-electron chi connectivity index (χ4n) is 6.68. The van der Waals surface area contributed by atoms with Crippen LogP contribution in [-0.4, -0.2) is 37.2 Å². The largest absolute Gasteiger partial charge is 0.462 e. The molecule has 0 aliphatic carbocycles. The van der Waals surface area contributed by atoms with Crippen molar-refractivity contribution in [3.05, 3.63) is 170 Å². The molecule has 394 valence electrons. The van der Waals surface area contributed by atoms with Crippen molar-refractivity contribution in [1.29, 1.82) is 0 Å². The molecule has 0 saturated carbocycles. The van der Waals surface area contributed by atoms with E-state index in [9.17, 15) is 14.4 Å². The van der Waals surface area contributed by atoms with Gasteiger partial charge in [-0.3, -0.25) is 14.4 Å². The Morgan fingerprint density at radius 1 is 0.282 bits per heavy atom. The van der Waals surface area contributed by atoms with Gasteiger partial charge in [0.1, 0.15) is 13.2 Å². The number of hydrogen-bond acceptors (Lipinski definition) is 6. The number of rotatable bonds is 47. The number of carbonyl (C=O) groups excluding carboxylic acids is 3. The van der Waals surface area contributed by atoms with E-state index >= 15 is 0 Å². The second-order valence-corrected chi connectivity index (χ2v) is 17.3. The monoisotopic (exact) mass is 975 g/mol. The van der Waals surface area contributed by atoms with Crippen LogP contribution in [0.25, 0.3) is 0 Å². The predicted molar refractivity (Wildman–Crippen MR) is 306 cm³/mol. The summed E-state index contributed by atoms with van der Waals surface area (Å²) in [5, 5.41) is 0. The molecule has 71 heavy (non-hydrogen) atoms. The molecule has 0 rings (SSSR count). The normalized spacial score (nSPS) is 13.5. The van der Waals surface area contributed by atoms with Crippen LogP contribution in [-0.2, 0) is 28.6 Å². The van der Waals surface area contributed by atoms with Gasteiger partial charge in [-0.05, 0) is 135 Å². The summed E-state index contributed by atoms with van der Waals surface area (Å²) in [4.78, 5) is 38.0. The topological polar surface area (TPSA) is 78.9 Å². The number of allylic oxidation sites excluding steroid dienone is 28. The van der Waals surface area contributed by atoms with E-state index in [2.05, 4.69) is 179 Å². The van der Waals surface area contributed by atoms with Crippen molar-refractivity contribution in [3.8, 4) is 0 Å². The lowest BCUT2D eigenvalue weighted by Crippen LogP contribution is -2.30. The first-order chi connectivity index (χ1) is 35.0. The Kier molecular flexibility index (Phi) is 53.1. The van der Waals surface area contributed by atoms with Crippen molar-refractivity contribution in [1.82, 2.24) is 0 Å². The van der Waals surface area contributed by atoms with Crippen LogP contribution in [0, 0.1) is 0 Å². The highest BCUT2D eigenvalue weighted by atomic mass is 16.6. The number of carbonyl (C=O) groups is 3. The van der Waals surface area contributed by atoms with Gasteiger partial charge in [-0.2, -0.15) is 0 Å². The Bertz CT molecular complexity index is 1690. The van der Waals surface area contributed by atoms with Crippen molar-refractivity contribution >= 4 is 17.9 Å². The molecule has 0 heterocycles. The molecular formula is C65H98O6.